The van der Waals surface area contributed by atoms with E-state index in [1.165, 1.54) is 9.80 Å². The van der Waals surface area contributed by atoms with Crippen molar-refractivity contribution in [1.29, 1.82) is 0 Å². The van der Waals surface area contributed by atoms with Gasteiger partial charge in [0.1, 0.15) is 22.4 Å². The Kier molecular flexibility index (Phi) is 14.0. The highest BCUT2D eigenvalue weighted by Gasteiger charge is 2.28. The number of aliphatic hydroxyl groups excluding tert-OH is 1. The quantitative estimate of drug-likeness (QED) is 0.329. The van der Waals surface area contributed by atoms with E-state index < -0.39 is 52.9 Å². The SMILES string of the molecule is CC(C)(C)OC(=O)NCCN(CC(O)CN(CCNC(=O)OC(C)(C)C)C(=O)OC(C)(C)C)C(=O)OC(C)(C)C. The van der Waals surface area contributed by atoms with Crippen LogP contribution in [0, 0.1) is 0 Å². The third-order valence-electron chi connectivity index (χ3n) is 4.27. The van der Waals surface area contributed by atoms with Crippen molar-refractivity contribution in [3.63, 3.8) is 0 Å². The van der Waals surface area contributed by atoms with Crippen LogP contribution >= 0.6 is 0 Å². The van der Waals surface area contributed by atoms with Crippen LogP contribution in [0.4, 0.5) is 19.2 Å². The van der Waals surface area contributed by atoms with Gasteiger partial charge in [-0.2, -0.15) is 0 Å². The van der Waals surface area contributed by atoms with Crippen LogP contribution in [0.5, 0.6) is 0 Å². The topological polar surface area (TPSA) is 156 Å². The van der Waals surface area contributed by atoms with E-state index in [2.05, 4.69) is 10.6 Å². The Bertz CT molecular complexity index is 769. The highest BCUT2D eigenvalue weighted by molar-refractivity contribution is 5.70. The van der Waals surface area contributed by atoms with Gasteiger partial charge < -0.3 is 44.5 Å². The number of carbonyl (C=O) groups excluding carboxylic acids is 4. The molecule has 0 atom stereocenters. The van der Waals surface area contributed by atoms with E-state index in [4.69, 9.17) is 18.9 Å². The summed E-state index contributed by atoms with van der Waals surface area (Å²) in [5.74, 6) is 0. The molecule has 40 heavy (non-hydrogen) atoms. The molecule has 234 valence electrons. The molecule has 0 aromatic carbocycles. The van der Waals surface area contributed by atoms with Gasteiger partial charge in [0.05, 0.1) is 19.2 Å². The molecule has 0 aromatic heterocycles. The highest BCUT2D eigenvalue weighted by Crippen LogP contribution is 2.13. The third-order valence-corrected chi connectivity index (χ3v) is 4.27. The zero-order chi connectivity index (χ0) is 31.5. The first-order valence-corrected chi connectivity index (χ1v) is 13.4. The van der Waals surface area contributed by atoms with E-state index in [9.17, 15) is 24.3 Å². The Balaban J connectivity index is 5.44. The summed E-state index contributed by atoms with van der Waals surface area (Å²) in [6.07, 6.45) is -3.90. The molecule has 0 fully saturated rings. The van der Waals surface area contributed by atoms with Crippen LogP contribution in [-0.4, -0.2) is 107 Å². The third kappa shape index (κ3) is 20.0. The number of amides is 4. The number of aliphatic hydroxyl groups is 1. The summed E-state index contributed by atoms with van der Waals surface area (Å²) in [6, 6.07) is 0. The molecule has 0 aromatic rings. The molecule has 0 aliphatic rings. The van der Waals surface area contributed by atoms with Crippen molar-refractivity contribution in [3.8, 4) is 0 Å². The molecule has 0 aliphatic heterocycles. The van der Waals surface area contributed by atoms with Crippen molar-refractivity contribution in [1.82, 2.24) is 20.4 Å². The van der Waals surface area contributed by atoms with Crippen molar-refractivity contribution in [2.45, 2.75) is 112 Å². The predicted molar refractivity (Wildman–Crippen MR) is 150 cm³/mol. The summed E-state index contributed by atoms with van der Waals surface area (Å²) in [4.78, 5) is 52.2. The summed E-state index contributed by atoms with van der Waals surface area (Å²) < 4.78 is 21.3. The van der Waals surface area contributed by atoms with Crippen LogP contribution in [0.25, 0.3) is 0 Å². The van der Waals surface area contributed by atoms with Crippen LogP contribution < -0.4 is 10.6 Å². The molecule has 0 spiro atoms. The molecule has 0 aliphatic carbocycles. The average Bonchev–Trinajstić information content (AvgIpc) is 2.66. The van der Waals surface area contributed by atoms with Gasteiger partial charge in [-0.25, -0.2) is 19.2 Å². The lowest BCUT2D eigenvalue weighted by molar-refractivity contribution is 0.000633. The van der Waals surface area contributed by atoms with Crippen molar-refractivity contribution in [2.75, 3.05) is 39.3 Å². The maximum absolute atomic E-state index is 12.8. The van der Waals surface area contributed by atoms with E-state index in [1.807, 2.05) is 0 Å². The molecule has 13 heteroatoms. The molecule has 4 amide bonds. The maximum atomic E-state index is 12.8. The number of ether oxygens (including phenoxy) is 4. The summed E-state index contributed by atoms with van der Waals surface area (Å²) in [5, 5.41) is 16.0. The van der Waals surface area contributed by atoms with Crippen molar-refractivity contribution >= 4 is 24.4 Å². The van der Waals surface area contributed by atoms with E-state index in [0.717, 1.165) is 0 Å². The van der Waals surface area contributed by atoms with Gasteiger partial charge in [-0.1, -0.05) is 0 Å². The minimum absolute atomic E-state index is 0.0118. The van der Waals surface area contributed by atoms with Crippen molar-refractivity contribution in [3.05, 3.63) is 0 Å². The molecule has 3 N–H and O–H groups in total. The second kappa shape index (κ2) is 15.2. The molecule has 0 saturated heterocycles. The number of carbonyl (C=O) groups is 4. The summed E-state index contributed by atoms with van der Waals surface area (Å²) >= 11 is 0. The molecular weight excluding hydrogens is 524 g/mol. The first-order chi connectivity index (χ1) is 17.9. The summed E-state index contributed by atoms with van der Waals surface area (Å²) in [5.41, 5.74) is -2.97. The number of alkyl carbamates (subject to hydrolysis) is 2. The molecule has 0 radical (unpaired) electrons. The minimum atomic E-state index is -1.21. The number of nitrogens with zero attached hydrogens (tertiary/aromatic N) is 2. The lowest BCUT2D eigenvalue weighted by Gasteiger charge is -2.32. The Labute approximate surface area is 239 Å². The van der Waals surface area contributed by atoms with E-state index in [-0.39, 0.29) is 39.3 Å². The van der Waals surface area contributed by atoms with Crippen LogP contribution in [0.1, 0.15) is 83.1 Å². The largest absolute Gasteiger partial charge is 0.444 e. The zero-order valence-electron chi connectivity index (χ0n) is 26.4. The van der Waals surface area contributed by atoms with Crippen molar-refractivity contribution < 1.29 is 43.2 Å². The standard InChI is InChI=1S/C27H52N4O9/c1-24(2,3)37-20(33)28-13-15-30(22(35)39-26(7,8)9)17-19(32)18-31(23(36)40-27(10,11)12)16-14-29-21(34)38-25(4,5)6/h19,32H,13-18H2,1-12H3,(H,28,33)(H,29,34). The van der Waals surface area contributed by atoms with Crippen LogP contribution in [0.15, 0.2) is 0 Å². The molecule has 0 unspecified atom stereocenters. The summed E-state index contributed by atoms with van der Waals surface area (Å²) in [7, 11) is 0. The zero-order valence-corrected chi connectivity index (χ0v) is 26.4. The maximum Gasteiger partial charge on any atom is 0.410 e. The number of rotatable bonds is 10. The first-order valence-electron chi connectivity index (χ1n) is 13.4. The molecule has 13 nitrogen and oxygen atoms in total. The fraction of sp³-hybridized carbons (Fsp3) is 0.852. The van der Waals surface area contributed by atoms with E-state index >= 15 is 0 Å². The molecule has 0 rings (SSSR count). The molecule has 0 saturated carbocycles. The average molecular weight is 577 g/mol. The minimum Gasteiger partial charge on any atom is -0.444 e. The Morgan fingerprint density at radius 3 is 1.10 bits per heavy atom. The van der Waals surface area contributed by atoms with Crippen LogP contribution in [0.3, 0.4) is 0 Å². The van der Waals surface area contributed by atoms with Crippen LogP contribution in [0.2, 0.25) is 0 Å². The van der Waals surface area contributed by atoms with E-state index in [1.54, 1.807) is 83.1 Å². The van der Waals surface area contributed by atoms with Gasteiger partial charge in [0, 0.05) is 26.2 Å². The van der Waals surface area contributed by atoms with Gasteiger partial charge in [-0.3, -0.25) is 0 Å². The Morgan fingerprint density at radius 2 is 0.850 bits per heavy atom. The fourth-order valence-corrected chi connectivity index (χ4v) is 2.95. The smallest absolute Gasteiger partial charge is 0.410 e. The number of hydrogen-bond acceptors (Lipinski definition) is 9. The second-order valence-corrected chi connectivity index (χ2v) is 13.4. The van der Waals surface area contributed by atoms with Gasteiger partial charge in [-0.15, -0.1) is 0 Å². The number of nitrogens with one attached hydrogen (secondary N) is 2. The normalized spacial score (nSPS) is 12.3. The monoisotopic (exact) mass is 576 g/mol. The first kappa shape index (κ1) is 37.0. The lowest BCUT2D eigenvalue weighted by atomic mass is 10.2. The van der Waals surface area contributed by atoms with Gasteiger partial charge >= 0.3 is 24.4 Å². The number of hydrogen-bond donors (Lipinski definition) is 3. The summed E-state index contributed by atoms with van der Waals surface area (Å²) in [6.45, 7) is 20.3. The van der Waals surface area contributed by atoms with Gasteiger partial charge in [0.2, 0.25) is 0 Å². The molecule has 0 bridgehead atoms. The lowest BCUT2D eigenvalue weighted by Crippen LogP contribution is -2.50. The Morgan fingerprint density at radius 1 is 0.575 bits per heavy atom. The fourth-order valence-electron chi connectivity index (χ4n) is 2.95. The van der Waals surface area contributed by atoms with Gasteiger partial charge in [0.25, 0.3) is 0 Å². The molecular formula is C27H52N4O9. The van der Waals surface area contributed by atoms with E-state index in [0.29, 0.717) is 0 Å². The predicted octanol–water partition coefficient (Wildman–Crippen LogP) is 3.87. The molecule has 0 heterocycles. The second-order valence-electron chi connectivity index (χ2n) is 13.4. The van der Waals surface area contributed by atoms with Gasteiger partial charge in [-0.05, 0) is 83.1 Å². The van der Waals surface area contributed by atoms with Gasteiger partial charge in [0.15, 0.2) is 0 Å². The highest BCUT2D eigenvalue weighted by atomic mass is 16.6. The van der Waals surface area contributed by atoms with Crippen molar-refractivity contribution in [2.24, 2.45) is 0 Å². The Hall–Kier alpha value is -2.96. The van der Waals surface area contributed by atoms with Crippen LogP contribution in [-0.2, 0) is 18.9 Å².